The number of nitrogens with zero attached hydrogens (tertiary/aromatic N) is 5. The van der Waals surface area contributed by atoms with Gasteiger partial charge in [0.1, 0.15) is 5.82 Å². The molecule has 2 atom stereocenters. The molecule has 1 fully saturated rings. The summed E-state index contributed by atoms with van der Waals surface area (Å²) in [6.45, 7) is 3.59. The molecule has 2 unspecified atom stereocenters. The summed E-state index contributed by atoms with van der Waals surface area (Å²) in [5.41, 5.74) is 1.79. The lowest BCUT2D eigenvalue weighted by Gasteiger charge is -2.36. The van der Waals surface area contributed by atoms with E-state index in [0.717, 1.165) is 25.9 Å². The quantitative estimate of drug-likeness (QED) is 0.650. The average Bonchev–Trinajstić information content (AvgIpc) is 3.24. The molecule has 2 aromatic rings. The number of alkyl halides is 1. The van der Waals surface area contributed by atoms with E-state index in [0.29, 0.717) is 28.2 Å². The number of halogens is 1. The minimum atomic E-state index is -1.53. The van der Waals surface area contributed by atoms with Gasteiger partial charge in [-0.25, -0.2) is 9.37 Å². The lowest BCUT2D eigenvalue weighted by molar-refractivity contribution is 0.0928. The number of nitrogens with one attached hydrogen (secondary N) is 1. The van der Waals surface area contributed by atoms with Gasteiger partial charge in [-0.05, 0) is 25.8 Å². The molecule has 2 aliphatic rings. The Morgan fingerprint density at radius 1 is 1.43 bits per heavy atom. The zero-order chi connectivity index (χ0) is 19.8. The van der Waals surface area contributed by atoms with E-state index in [2.05, 4.69) is 32.2 Å². The Balaban J connectivity index is 1.74. The molecule has 0 spiro atoms. The van der Waals surface area contributed by atoms with Crippen LogP contribution in [0.5, 0.6) is 0 Å². The molecule has 2 aliphatic heterocycles. The third kappa shape index (κ3) is 3.17. The van der Waals surface area contributed by atoms with Gasteiger partial charge in [0.05, 0.1) is 17.5 Å². The van der Waals surface area contributed by atoms with Gasteiger partial charge in [-0.2, -0.15) is 5.10 Å². The maximum Gasteiger partial charge on any atom is 0.256 e. The molecule has 1 saturated heterocycles. The zero-order valence-corrected chi connectivity index (χ0v) is 16.2. The van der Waals surface area contributed by atoms with E-state index < -0.39 is 12.2 Å². The van der Waals surface area contributed by atoms with Crippen LogP contribution in [0.4, 0.5) is 10.2 Å². The number of anilines is 1. The van der Waals surface area contributed by atoms with Crippen LogP contribution in [0.2, 0.25) is 0 Å². The molecule has 28 heavy (non-hydrogen) atoms. The Kier molecular flexibility index (Phi) is 4.67. The highest BCUT2D eigenvalue weighted by Gasteiger charge is 2.34. The van der Waals surface area contributed by atoms with Crippen molar-refractivity contribution < 1.29 is 9.18 Å². The lowest BCUT2D eigenvalue weighted by Crippen LogP contribution is -2.45. The van der Waals surface area contributed by atoms with Crippen LogP contribution in [0, 0.1) is 12.0 Å². The number of aryl methyl sites for hydroxylation is 1. The van der Waals surface area contributed by atoms with Crippen molar-refractivity contribution >= 4 is 11.7 Å². The predicted molar refractivity (Wildman–Crippen MR) is 104 cm³/mol. The second kappa shape index (κ2) is 7.15. The summed E-state index contributed by atoms with van der Waals surface area (Å²) in [7, 11) is 3.76. The van der Waals surface area contributed by atoms with Gasteiger partial charge in [0.25, 0.3) is 5.91 Å². The fraction of sp³-hybridized carbons (Fsp3) is 0.450. The highest BCUT2D eigenvalue weighted by atomic mass is 19.1. The molecule has 2 aromatic heterocycles. The fourth-order valence-corrected chi connectivity index (χ4v) is 3.90. The summed E-state index contributed by atoms with van der Waals surface area (Å²) in [5, 5.41) is 6.52. The Morgan fingerprint density at radius 3 is 2.96 bits per heavy atom. The third-order valence-electron chi connectivity index (χ3n) is 5.35. The van der Waals surface area contributed by atoms with Crippen LogP contribution in [-0.2, 0) is 7.05 Å². The molecule has 1 amide bonds. The molecule has 146 valence electrons. The number of carbonyl (C=O) groups excluding carboxylic acids is 1. The summed E-state index contributed by atoms with van der Waals surface area (Å²) < 4.78 is 16.1. The monoisotopic (exact) mass is 382 g/mol. The van der Waals surface area contributed by atoms with Crippen molar-refractivity contribution in [2.45, 2.75) is 32.1 Å². The van der Waals surface area contributed by atoms with Crippen LogP contribution in [0.25, 0.3) is 11.3 Å². The van der Waals surface area contributed by atoms with E-state index >= 15 is 0 Å². The topological polar surface area (TPSA) is 66.3 Å². The molecule has 4 rings (SSSR count). The molecule has 8 heteroatoms. The number of rotatable bonds is 3. The molecule has 0 saturated carbocycles. The van der Waals surface area contributed by atoms with Crippen LogP contribution in [0.3, 0.4) is 0 Å². The summed E-state index contributed by atoms with van der Waals surface area (Å²) in [4.78, 5) is 21.3. The van der Waals surface area contributed by atoms with E-state index in [1.807, 2.05) is 14.0 Å². The molecule has 4 heterocycles. The number of likely N-dealkylation sites (N-methyl/N-ethyl adjacent to an activating group) is 1. The second-order valence-corrected chi connectivity index (χ2v) is 7.25. The molecule has 7 nitrogen and oxygen atoms in total. The highest BCUT2D eigenvalue weighted by molar-refractivity contribution is 6.04. The number of hydrogen-bond donors (Lipinski definition) is 1. The smallest absolute Gasteiger partial charge is 0.256 e. The predicted octanol–water partition coefficient (Wildman–Crippen LogP) is 2.07. The van der Waals surface area contributed by atoms with Crippen molar-refractivity contribution in [3.05, 3.63) is 29.6 Å². The first-order chi connectivity index (χ1) is 13.5. The van der Waals surface area contributed by atoms with Gasteiger partial charge < -0.3 is 15.1 Å². The summed E-state index contributed by atoms with van der Waals surface area (Å²) >= 11 is 0. The number of likely N-dealkylation sites (tertiary alicyclic amines) is 1. The third-order valence-corrected chi connectivity index (χ3v) is 5.35. The van der Waals surface area contributed by atoms with Crippen LogP contribution in [0.15, 0.2) is 18.5 Å². The van der Waals surface area contributed by atoms with Gasteiger partial charge in [-0.1, -0.05) is 5.92 Å². The van der Waals surface area contributed by atoms with E-state index in [1.54, 1.807) is 30.2 Å². The van der Waals surface area contributed by atoms with Crippen LogP contribution in [0.1, 0.15) is 42.0 Å². The van der Waals surface area contributed by atoms with Crippen molar-refractivity contribution in [3.63, 3.8) is 0 Å². The molecular weight excluding hydrogens is 359 g/mol. The average molecular weight is 382 g/mol. The number of piperidine rings is 1. The maximum absolute atomic E-state index is 14.5. The second-order valence-electron chi connectivity index (χ2n) is 7.25. The molecule has 0 aliphatic carbocycles. The van der Waals surface area contributed by atoms with E-state index in [-0.39, 0.29) is 6.04 Å². The Labute approximate surface area is 163 Å². The van der Waals surface area contributed by atoms with Gasteiger partial charge >= 0.3 is 0 Å². The van der Waals surface area contributed by atoms with Crippen molar-refractivity contribution in [3.8, 4) is 23.2 Å². The van der Waals surface area contributed by atoms with Gasteiger partial charge in [0.15, 0.2) is 6.30 Å². The number of carbonyl (C=O) groups is 1. The zero-order valence-electron chi connectivity index (χ0n) is 16.2. The van der Waals surface area contributed by atoms with Crippen LogP contribution < -0.4 is 10.2 Å². The lowest BCUT2D eigenvalue weighted by atomic mass is 10.0. The standard InChI is InChI=1S/C20H23FN6O/c1-4-7-27-8-5-6-14(12-27)26(3)16-9-15-17(20(28)24-19(15)21)18(23-16)13-10-22-25(2)11-13/h9-11,14,19H,5-6,8,12H2,1-3H3,(H,24,28). The highest BCUT2D eigenvalue weighted by Crippen LogP contribution is 2.36. The van der Waals surface area contributed by atoms with E-state index in [4.69, 9.17) is 4.98 Å². The summed E-state index contributed by atoms with van der Waals surface area (Å²) in [6.07, 6.45) is 3.95. The molecule has 0 aromatic carbocycles. The maximum atomic E-state index is 14.5. The van der Waals surface area contributed by atoms with Crippen LogP contribution >= 0.6 is 0 Å². The number of pyridine rings is 1. The SMILES string of the molecule is CC#CN1CCCC(N(C)c2cc3c(c(-c4cnn(C)c4)n2)C(=O)NC3F)C1. The Hall–Kier alpha value is -3.08. The normalized spacial score (nSPS) is 21.0. The Bertz CT molecular complexity index is 975. The number of amides is 1. The summed E-state index contributed by atoms with van der Waals surface area (Å²) in [6, 6.07) is 5.02. The number of fused-ring (bicyclic) bond motifs is 1. The minimum absolute atomic E-state index is 0.213. The molecule has 0 radical (unpaired) electrons. The van der Waals surface area contributed by atoms with Crippen molar-refractivity contribution in [1.82, 2.24) is 25.0 Å². The van der Waals surface area contributed by atoms with Gasteiger partial charge in [-0.15, -0.1) is 0 Å². The largest absolute Gasteiger partial charge is 0.355 e. The van der Waals surface area contributed by atoms with E-state index in [1.165, 1.54) is 0 Å². The minimum Gasteiger partial charge on any atom is -0.355 e. The van der Waals surface area contributed by atoms with Crippen molar-refractivity contribution in [2.24, 2.45) is 7.05 Å². The van der Waals surface area contributed by atoms with Gasteiger partial charge in [0, 0.05) is 56.6 Å². The molecule has 1 N–H and O–H groups in total. The summed E-state index contributed by atoms with van der Waals surface area (Å²) in [5.74, 6) is 3.16. The van der Waals surface area contributed by atoms with Crippen molar-refractivity contribution in [2.75, 3.05) is 25.0 Å². The first-order valence-electron chi connectivity index (χ1n) is 9.37. The first-order valence-corrected chi connectivity index (χ1v) is 9.37. The van der Waals surface area contributed by atoms with Crippen molar-refractivity contribution in [1.29, 1.82) is 0 Å². The van der Waals surface area contributed by atoms with Gasteiger partial charge in [0.2, 0.25) is 0 Å². The van der Waals surface area contributed by atoms with E-state index in [9.17, 15) is 9.18 Å². The first kappa shape index (κ1) is 18.3. The number of hydrogen-bond acceptors (Lipinski definition) is 5. The number of aromatic nitrogens is 3. The van der Waals surface area contributed by atoms with Crippen LogP contribution in [-0.4, -0.2) is 51.8 Å². The molecule has 0 bridgehead atoms. The van der Waals surface area contributed by atoms with Gasteiger partial charge in [-0.3, -0.25) is 9.48 Å². The molecular formula is C20H23FN6O. The fourth-order valence-electron chi connectivity index (χ4n) is 3.90. The Morgan fingerprint density at radius 2 is 2.25 bits per heavy atom.